The Morgan fingerprint density at radius 2 is 2.17 bits per heavy atom. The van der Waals surface area contributed by atoms with Crippen molar-refractivity contribution in [3.63, 3.8) is 0 Å². The number of hydrogen-bond acceptors (Lipinski definition) is 2. The zero-order chi connectivity index (χ0) is 8.81. The van der Waals surface area contributed by atoms with Crippen LogP contribution in [0, 0.1) is 5.92 Å². The van der Waals surface area contributed by atoms with E-state index in [1.165, 1.54) is 6.08 Å². The quantitative estimate of drug-likeness (QED) is 0.360. The second-order valence-electron chi connectivity index (χ2n) is 2.43. The van der Waals surface area contributed by atoms with Crippen molar-refractivity contribution in [2.24, 2.45) is 5.92 Å². The molecule has 1 rings (SSSR count). The lowest BCUT2D eigenvalue weighted by Gasteiger charge is -2.10. The molecule has 0 saturated carbocycles. The predicted molar refractivity (Wildman–Crippen MR) is 47.5 cm³/mol. The van der Waals surface area contributed by atoms with Crippen LogP contribution < -0.4 is 0 Å². The Hall–Kier alpha value is -1.31. The molecule has 0 aromatic rings. The van der Waals surface area contributed by atoms with E-state index >= 15 is 0 Å². The first-order valence-corrected chi connectivity index (χ1v) is 4.01. The van der Waals surface area contributed by atoms with Gasteiger partial charge < -0.3 is 4.74 Å². The summed E-state index contributed by atoms with van der Waals surface area (Å²) < 4.78 is 5.29. The molecule has 12 heavy (non-hydrogen) atoms. The van der Waals surface area contributed by atoms with Gasteiger partial charge in [0.15, 0.2) is 0 Å². The molecular weight excluding hydrogens is 152 g/mol. The van der Waals surface area contributed by atoms with Crippen LogP contribution in [-0.2, 0) is 9.53 Å². The molecule has 0 aromatic carbocycles. The lowest BCUT2D eigenvalue weighted by atomic mass is 10.1. The summed E-state index contributed by atoms with van der Waals surface area (Å²) in [4.78, 5) is 10.2. The predicted octanol–water partition coefficient (Wildman–Crippen LogP) is 1.85. The smallest absolute Gasteiger partial charge is 0.146 e. The van der Waals surface area contributed by atoms with Crippen LogP contribution in [0.2, 0.25) is 0 Å². The van der Waals surface area contributed by atoms with Crippen molar-refractivity contribution >= 4 is 6.29 Å². The molecule has 1 aliphatic rings. The lowest BCUT2D eigenvalue weighted by Crippen LogP contribution is -2.01. The van der Waals surface area contributed by atoms with E-state index in [9.17, 15) is 4.79 Å². The van der Waals surface area contributed by atoms with E-state index in [0.29, 0.717) is 6.61 Å². The molecule has 0 aliphatic heterocycles. The van der Waals surface area contributed by atoms with Gasteiger partial charge in [0.1, 0.15) is 12.0 Å². The standard InChI is InChI=1S/C10H12O2/c1-2-12-10(7-8-11)9-5-3-4-6-9/h3-9H,2H2,1H3. The second kappa shape index (κ2) is 4.54. The highest BCUT2D eigenvalue weighted by Gasteiger charge is 2.10. The topological polar surface area (TPSA) is 26.3 Å². The molecule has 64 valence electrons. The zero-order valence-electron chi connectivity index (χ0n) is 7.07. The van der Waals surface area contributed by atoms with Gasteiger partial charge >= 0.3 is 0 Å². The third-order valence-corrected chi connectivity index (χ3v) is 1.62. The monoisotopic (exact) mass is 164 g/mol. The Morgan fingerprint density at radius 1 is 1.50 bits per heavy atom. The van der Waals surface area contributed by atoms with Crippen LogP contribution in [0.4, 0.5) is 0 Å². The summed E-state index contributed by atoms with van der Waals surface area (Å²) in [5.74, 6) is 0.868. The van der Waals surface area contributed by atoms with Crippen LogP contribution in [0.5, 0.6) is 0 Å². The summed E-state index contributed by atoms with van der Waals surface area (Å²) in [6.07, 6.45) is 10.1. The van der Waals surface area contributed by atoms with Crippen molar-refractivity contribution in [3.8, 4) is 0 Å². The van der Waals surface area contributed by atoms with Gasteiger partial charge in [0, 0.05) is 6.08 Å². The van der Waals surface area contributed by atoms with Gasteiger partial charge in [-0.25, -0.2) is 0 Å². The van der Waals surface area contributed by atoms with Crippen LogP contribution in [0.15, 0.2) is 36.1 Å². The highest BCUT2D eigenvalue weighted by Crippen LogP contribution is 2.19. The van der Waals surface area contributed by atoms with Gasteiger partial charge in [-0.3, -0.25) is 4.79 Å². The Bertz CT molecular complexity index is 224. The molecule has 0 spiro atoms. The van der Waals surface area contributed by atoms with E-state index in [2.05, 4.69) is 0 Å². The summed E-state index contributed by atoms with van der Waals surface area (Å²) >= 11 is 0. The van der Waals surface area contributed by atoms with E-state index in [1.54, 1.807) is 0 Å². The second-order valence-corrected chi connectivity index (χ2v) is 2.43. The van der Waals surface area contributed by atoms with Crippen LogP contribution in [-0.4, -0.2) is 12.9 Å². The van der Waals surface area contributed by atoms with Crippen molar-refractivity contribution < 1.29 is 9.53 Å². The minimum absolute atomic E-state index is 0.148. The Balaban J connectivity index is 2.65. The number of carbonyl (C=O) groups is 1. The van der Waals surface area contributed by atoms with Gasteiger partial charge in [-0.15, -0.1) is 0 Å². The molecule has 0 heterocycles. The van der Waals surface area contributed by atoms with Gasteiger partial charge in [0.2, 0.25) is 0 Å². The molecule has 2 nitrogen and oxygen atoms in total. The first-order valence-electron chi connectivity index (χ1n) is 4.01. The van der Waals surface area contributed by atoms with Gasteiger partial charge in [-0.1, -0.05) is 24.3 Å². The Morgan fingerprint density at radius 3 is 2.67 bits per heavy atom. The van der Waals surface area contributed by atoms with Crippen LogP contribution in [0.1, 0.15) is 6.92 Å². The molecule has 0 saturated heterocycles. The molecular formula is C10H12O2. The Labute approximate surface area is 72.2 Å². The third-order valence-electron chi connectivity index (χ3n) is 1.62. The van der Waals surface area contributed by atoms with E-state index in [4.69, 9.17) is 4.74 Å². The zero-order valence-corrected chi connectivity index (χ0v) is 7.07. The van der Waals surface area contributed by atoms with Crippen molar-refractivity contribution in [2.45, 2.75) is 6.92 Å². The first kappa shape index (κ1) is 8.78. The maximum absolute atomic E-state index is 10.2. The normalized spacial score (nSPS) is 16.9. The van der Waals surface area contributed by atoms with Crippen LogP contribution in [0.3, 0.4) is 0 Å². The highest BCUT2D eigenvalue weighted by atomic mass is 16.5. The summed E-state index contributed by atoms with van der Waals surface area (Å²) in [6, 6.07) is 0. The van der Waals surface area contributed by atoms with Crippen molar-refractivity contribution in [3.05, 3.63) is 36.1 Å². The maximum atomic E-state index is 10.2. The third kappa shape index (κ3) is 2.09. The number of allylic oxidation sites excluding steroid dienone is 4. The summed E-state index contributed by atoms with van der Waals surface area (Å²) in [6.45, 7) is 2.50. The molecule has 0 amide bonds. The average Bonchev–Trinajstić information content (AvgIpc) is 2.56. The fourth-order valence-electron chi connectivity index (χ4n) is 1.11. The minimum Gasteiger partial charge on any atom is -0.497 e. The van der Waals surface area contributed by atoms with Crippen LogP contribution >= 0.6 is 0 Å². The molecule has 0 fully saturated rings. The highest BCUT2D eigenvalue weighted by molar-refractivity contribution is 5.66. The summed E-state index contributed by atoms with van der Waals surface area (Å²) in [5.41, 5.74) is 0. The number of ether oxygens (including phenoxy) is 1. The number of hydrogen-bond donors (Lipinski definition) is 0. The molecule has 2 heteroatoms. The van der Waals surface area contributed by atoms with Gasteiger partial charge in [-0.2, -0.15) is 0 Å². The molecule has 0 N–H and O–H groups in total. The summed E-state index contributed by atoms with van der Waals surface area (Å²) in [5, 5.41) is 0. The molecule has 0 radical (unpaired) electrons. The SMILES string of the molecule is CCOC(=CC=O)C1C=CC=C1. The fourth-order valence-corrected chi connectivity index (χ4v) is 1.11. The van der Waals surface area contributed by atoms with Crippen molar-refractivity contribution in [1.82, 2.24) is 0 Å². The van der Waals surface area contributed by atoms with Gasteiger partial charge in [0.25, 0.3) is 0 Å². The van der Waals surface area contributed by atoms with E-state index in [1.807, 2.05) is 31.2 Å². The first-order chi connectivity index (χ1) is 5.88. The van der Waals surface area contributed by atoms with E-state index < -0.39 is 0 Å². The summed E-state index contributed by atoms with van der Waals surface area (Å²) in [7, 11) is 0. The van der Waals surface area contributed by atoms with Gasteiger partial charge in [-0.05, 0) is 6.92 Å². The largest absolute Gasteiger partial charge is 0.497 e. The lowest BCUT2D eigenvalue weighted by molar-refractivity contribution is -0.104. The number of rotatable bonds is 4. The van der Waals surface area contributed by atoms with E-state index in [0.717, 1.165) is 12.0 Å². The molecule has 0 bridgehead atoms. The van der Waals surface area contributed by atoms with Crippen LogP contribution in [0.25, 0.3) is 0 Å². The van der Waals surface area contributed by atoms with E-state index in [-0.39, 0.29) is 5.92 Å². The minimum atomic E-state index is 0.148. The number of carbonyl (C=O) groups excluding carboxylic acids is 1. The molecule has 0 unspecified atom stereocenters. The molecule has 1 aliphatic carbocycles. The van der Waals surface area contributed by atoms with Crippen molar-refractivity contribution in [2.75, 3.05) is 6.61 Å². The van der Waals surface area contributed by atoms with Gasteiger partial charge in [0.05, 0.1) is 12.5 Å². The fraction of sp³-hybridized carbons (Fsp3) is 0.300. The molecule has 0 atom stereocenters. The molecule has 0 aromatic heterocycles. The Kier molecular flexibility index (Phi) is 3.33. The average molecular weight is 164 g/mol. The van der Waals surface area contributed by atoms with Crippen molar-refractivity contribution in [1.29, 1.82) is 0 Å². The maximum Gasteiger partial charge on any atom is 0.146 e. The number of aldehydes is 1.